The molecule has 2 unspecified atom stereocenters. The molecule has 0 radical (unpaired) electrons. The van der Waals surface area contributed by atoms with Crippen molar-refractivity contribution in [2.24, 2.45) is 0 Å². The van der Waals surface area contributed by atoms with Crippen LogP contribution in [0.5, 0.6) is 0 Å². The van der Waals surface area contributed by atoms with Crippen molar-refractivity contribution in [3.05, 3.63) is 122 Å². The summed E-state index contributed by atoms with van der Waals surface area (Å²) in [7, 11) is 5.88. The van der Waals surface area contributed by atoms with Crippen LogP contribution in [0.3, 0.4) is 0 Å². The van der Waals surface area contributed by atoms with Gasteiger partial charge in [-0.15, -0.1) is 0 Å². The summed E-state index contributed by atoms with van der Waals surface area (Å²) >= 11 is 0. The summed E-state index contributed by atoms with van der Waals surface area (Å²) in [6.07, 6.45) is 63.8. The molecule has 0 aromatic rings. The van der Waals surface area contributed by atoms with Crippen molar-refractivity contribution in [3.63, 3.8) is 0 Å². The third-order valence-corrected chi connectivity index (χ3v) is 10.2. The molecule has 378 valence electrons. The van der Waals surface area contributed by atoms with E-state index in [1.165, 1.54) is 6.42 Å². The SMILES string of the molecule is CC/C=C\C/C=C\C/C=C\C/C=C\C/C=C\C/C=C\C/C=C\C/C=C\CCCCCCC(=O)OC(COC(=O)CCCCCCC/C=C\C/C=C\CCC)COC(OCC[N+](C)(C)C)C(=O)[O-]. The van der Waals surface area contributed by atoms with E-state index in [4.69, 9.17) is 18.9 Å². The Morgan fingerprint density at radius 2 is 0.851 bits per heavy atom. The Balaban J connectivity index is 4.40. The Morgan fingerprint density at radius 1 is 0.463 bits per heavy atom. The molecule has 0 aliphatic carbocycles. The van der Waals surface area contributed by atoms with E-state index in [1.54, 1.807) is 0 Å². The van der Waals surface area contributed by atoms with Gasteiger partial charge in [-0.25, -0.2) is 0 Å². The van der Waals surface area contributed by atoms with Crippen LogP contribution in [0.2, 0.25) is 0 Å². The minimum Gasteiger partial charge on any atom is -0.545 e. The Kier molecular flexibility index (Phi) is 45.1. The first-order valence-electron chi connectivity index (χ1n) is 25.7. The molecule has 9 heteroatoms. The number of hydrogen-bond donors (Lipinski definition) is 0. The average molecular weight is 932 g/mol. The van der Waals surface area contributed by atoms with Crippen LogP contribution in [0.4, 0.5) is 0 Å². The molecule has 0 N–H and O–H groups in total. The number of carbonyl (C=O) groups is 3. The third-order valence-electron chi connectivity index (χ3n) is 10.2. The van der Waals surface area contributed by atoms with Crippen LogP contribution in [0.15, 0.2) is 122 Å². The zero-order valence-corrected chi connectivity index (χ0v) is 42.7. The largest absolute Gasteiger partial charge is 0.545 e. The fourth-order valence-corrected chi connectivity index (χ4v) is 6.23. The van der Waals surface area contributed by atoms with Crippen LogP contribution in [-0.4, -0.2) is 82.3 Å². The second kappa shape index (κ2) is 48.2. The van der Waals surface area contributed by atoms with Gasteiger partial charge in [0.2, 0.25) is 0 Å². The highest BCUT2D eigenvalue weighted by molar-refractivity contribution is 5.70. The molecule has 2 atom stereocenters. The van der Waals surface area contributed by atoms with Crippen molar-refractivity contribution in [2.75, 3.05) is 47.5 Å². The molecule has 0 bridgehead atoms. The van der Waals surface area contributed by atoms with Crippen LogP contribution < -0.4 is 5.11 Å². The molecule has 0 saturated carbocycles. The molecule has 0 aromatic carbocycles. The first-order chi connectivity index (χ1) is 32.6. The summed E-state index contributed by atoms with van der Waals surface area (Å²) in [4.78, 5) is 37.1. The van der Waals surface area contributed by atoms with Crippen molar-refractivity contribution >= 4 is 17.9 Å². The average Bonchev–Trinajstić information content (AvgIpc) is 3.29. The maximum absolute atomic E-state index is 12.8. The molecule has 0 aliphatic heterocycles. The van der Waals surface area contributed by atoms with Gasteiger partial charge in [0.15, 0.2) is 12.4 Å². The number of esters is 2. The quantitative estimate of drug-likeness (QED) is 0.0195. The standard InChI is InChI=1S/C58H93NO8/c1-6-8-10-12-14-16-18-20-21-22-23-24-25-26-27-28-29-30-31-32-33-34-35-37-39-41-43-45-47-49-56(61)67-54(53-66-58(57(62)63)64-51-50-59(3,4)5)52-65-55(60)48-46-44-42-40-38-36-19-17-15-13-11-9-7-2/h8,10-11,13-14,16-17,19-21,23-24,26-27,29-30,32-33,35,37,54,58H,6-7,9,12,15,18,22,25,28,31,34,36,38-53H2,1-5H3/b10-8-,13-11-,16-14-,19-17-,21-20-,24-23-,27-26-,30-29-,33-32-,37-35-. The minimum atomic E-state index is -1.64. The van der Waals surface area contributed by atoms with Gasteiger partial charge in [0.05, 0.1) is 40.3 Å². The second-order valence-electron chi connectivity index (χ2n) is 17.7. The number of carboxylic acids is 1. The number of carbonyl (C=O) groups excluding carboxylic acids is 3. The van der Waals surface area contributed by atoms with Gasteiger partial charge in [-0.2, -0.15) is 0 Å². The van der Waals surface area contributed by atoms with Crippen LogP contribution in [0.25, 0.3) is 0 Å². The molecule has 0 fully saturated rings. The predicted molar refractivity (Wildman–Crippen MR) is 278 cm³/mol. The van der Waals surface area contributed by atoms with Gasteiger partial charge in [0.1, 0.15) is 13.2 Å². The number of quaternary nitrogens is 1. The van der Waals surface area contributed by atoms with E-state index in [9.17, 15) is 19.5 Å². The normalized spacial score (nSPS) is 13.9. The second-order valence-corrected chi connectivity index (χ2v) is 17.7. The molecule has 0 rings (SSSR count). The Hall–Kier alpha value is -4.31. The first-order valence-corrected chi connectivity index (χ1v) is 25.7. The van der Waals surface area contributed by atoms with Crippen molar-refractivity contribution in [2.45, 2.75) is 180 Å². The highest BCUT2D eigenvalue weighted by Crippen LogP contribution is 2.12. The summed E-state index contributed by atoms with van der Waals surface area (Å²) in [5.41, 5.74) is 0. The Morgan fingerprint density at radius 3 is 1.27 bits per heavy atom. The summed E-state index contributed by atoms with van der Waals surface area (Å²) in [6, 6.07) is 0. The van der Waals surface area contributed by atoms with E-state index < -0.39 is 24.3 Å². The number of likely N-dealkylation sites (N-methyl/N-ethyl adjacent to an activating group) is 1. The molecule has 67 heavy (non-hydrogen) atoms. The monoisotopic (exact) mass is 932 g/mol. The number of nitrogens with zero attached hydrogens (tertiary/aromatic N) is 1. The predicted octanol–water partition coefficient (Wildman–Crippen LogP) is 13.2. The van der Waals surface area contributed by atoms with Gasteiger partial charge >= 0.3 is 11.9 Å². The molecule has 0 heterocycles. The van der Waals surface area contributed by atoms with Gasteiger partial charge in [0.25, 0.3) is 0 Å². The molecule has 9 nitrogen and oxygen atoms in total. The van der Waals surface area contributed by atoms with Crippen molar-refractivity contribution in [1.82, 2.24) is 0 Å². The number of unbranched alkanes of at least 4 members (excludes halogenated alkanes) is 10. The van der Waals surface area contributed by atoms with E-state index in [-0.39, 0.29) is 38.6 Å². The summed E-state index contributed by atoms with van der Waals surface area (Å²) in [6.45, 7) is 4.48. The van der Waals surface area contributed by atoms with Crippen LogP contribution in [0, 0.1) is 0 Å². The third kappa shape index (κ3) is 49.4. The lowest BCUT2D eigenvalue weighted by atomic mass is 10.1. The van der Waals surface area contributed by atoms with E-state index in [0.717, 1.165) is 122 Å². The van der Waals surface area contributed by atoms with E-state index in [1.807, 2.05) is 21.1 Å². The lowest BCUT2D eigenvalue weighted by Gasteiger charge is -2.26. The fraction of sp³-hybridized carbons (Fsp3) is 0.603. The van der Waals surface area contributed by atoms with Gasteiger partial charge in [0, 0.05) is 12.8 Å². The van der Waals surface area contributed by atoms with Gasteiger partial charge in [-0.3, -0.25) is 9.59 Å². The number of allylic oxidation sites excluding steroid dienone is 20. The molecule has 0 saturated heterocycles. The Bertz CT molecular complexity index is 1510. The lowest BCUT2D eigenvalue weighted by molar-refractivity contribution is -0.870. The van der Waals surface area contributed by atoms with Gasteiger partial charge in [-0.05, 0) is 103 Å². The van der Waals surface area contributed by atoms with E-state index in [0.29, 0.717) is 23.9 Å². The molecule has 0 amide bonds. The Labute approximate surface area is 408 Å². The number of carboxylic acid groups (broad SMARTS) is 1. The number of rotatable bonds is 45. The topological polar surface area (TPSA) is 111 Å². The number of hydrogen-bond acceptors (Lipinski definition) is 8. The van der Waals surface area contributed by atoms with Crippen molar-refractivity contribution < 1.29 is 42.9 Å². The molecule has 0 aliphatic rings. The van der Waals surface area contributed by atoms with Crippen LogP contribution >= 0.6 is 0 Å². The minimum absolute atomic E-state index is 0.133. The summed E-state index contributed by atoms with van der Waals surface area (Å²) in [5.74, 6) is -2.36. The fourth-order valence-electron chi connectivity index (χ4n) is 6.23. The summed E-state index contributed by atoms with van der Waals surface area (Å²) < 4.78 is 22.5. The first kappa shape index (κ1) is 62.7. The highest BCUT2D eigenvalue weighted by Gasteiger charge is 2.21. The number of ether oxygens (including phenoxy) is 4. The molecular weight excluding hydrogens is 839 g/mol. The number of aliphatic carboxylic acids is 1. The van der Waals surface area contributed by atoms with Gasteiger partial charge in [-0.1, -0.05) is 174 Å². The maximum Gasteiger partial charge on any atom is 0.306 e. The van der Waals surface area contributed by atoms with E-state index in [2.05, 4.69) is 135 Å². The summed E-state index contributed by atoms with van der Waals surface area (Å²) in [5, 5.41) is 11.7. The van der Waals surface area contributed by atoms with Crippen molar-refractivity contribution in [3.8, 4) is 0 Å². The van der Waals surface area contributed by atoms with Crippen LogP contribution in [0.1, 0.15) is 168 Å². The smallest absolute Gasteiger partial charge is 0.306 e. The highest BCUT2D eigenvalue weighted by atomic mass is 16.7. The maximum atomic E-state index is 12.8. The van der Waals surface area contributed by atoms with Gasteiger partial charge < -0.3 is 33.3 Å². The van der Waals surface area contributed by atoms with E-state index >= 15 is 0 Å². The zero-order valence-electron chi connectivity index (χ0n) is 42.7. The lowest BCUT2D eigenvalue weighted by Crippen LogP contribution is -2.44. The van der Waals surface area contributed by atoms with Crippen LogP contribution in [-0.2, 0) is 33.3 Å². The molecule has 0 spiro atoms. The molecule has 0 aromatic heterocycles. The van der Waals surface area contributed by atoms with Crippen molar-refractivity contribution in [1.29, 1.82) is 0 Å². The molecular formula is C58H93NO8. The zero-order chi connectivity index (χ0) is 49.2.